The lowest BCUT2D eigenvalue weighted by atomic mass is 10.1. The van der Waals surface area contributed by atoms with E-state index in [1.165, 1.54) is 0 Å². The van der Waals surface area contributed by atoms with E-state index in [0.717, 1.165) is 28.9 Å². The van der Waals surface area contributed by atoms with Gasteiger partial charge < -0.3 is 15.8 Å². The summed E-state index contributed by atoms with van der Waals surface area (Å²) in [6.45, 7) is 7.55. The number of hydrogen-bond donors (Lipinski definition) is 2. The van der Waals surface area contributed by atoms with E-state index in [1.54, 1.807) is 0 Å². The van der Waals surface area contributed by atoms with Crippen LogP contribution in [0.2, 0.25) is 0 Å². The third-order valence-electron chi connectivity index (χ3n) is 4.00. The first-order valence-electron chi connectivity index (χ1n) is 8.77. The van der Waals surface area contributed by atoms with Crippen LogP contribution in [0, 0.1) is 12.8 Å². The maximum atomic E-state index is 12.2. The van der Waals surface area contributed by atoms with Crippen LogP contribution in [0.15, 0.2) is 42.5 Å². The molecular formula is C21H29ClN2O2. The van der Waals surface area contributed by atoms with Crippen LogP contribution >= 0.6 is 12.4 Å². The van der Waals surface area contributed by atoms with Gasteiger partial charge in [-0.3, -0.25) is 4.79 Å². The molecule has 4 nitrogen and oxygen atoms in total. The number of benzene rings is 2. The van der Waals surface area contributed by atoms with Gasteiger partial charge in [0.25, 0.3) is 0 Å². The van der Waals surface area contributed by atoms with Gasteiger partial charge in [0.1, 0.15) is 5.75 Å². The number of nitrogens with two attached hydrogens (primary N) is 1. The third-order valence-corrected chi connectivity index (χ3v) is 4.00. The number of carbonyl (C=O) groups is 1. The molecule has 0 aliphatic heterocycles. The molecule has 0 aliphatic rings. The Morgan fingerprint density at radius 1 is 1.15 bits per heavy atom. The van der Waals surface area contributed by atoms with Crippen LogP contribution in [0.3, 0.4) is 0 Å². The fraction of sp³-hybridized carbons (Fsp3) is 0.381. The number of aryl methyl sites for hydroxylation is 1. The number of carbonyl (C=O) groups excluding carboxylic acids is 1. The van der Waals surface area contributed by atoms with Crippen LogP contribution in [-0.2, 0) is 17.8 Å². The van der Waals surface area contributed by atoms with Crippen LogP contribution in [-0.4, -0.2) is 12.5 Å². The summed E-state index contributed by atoms with van der Waals surface area (Å²) < 4.78 is 5.93. The number of ether oxygens (including phenoxy) is 1. The maximum absolute atomic E-state index is 12.2. The van der Waals surface area contributed by atoms with Crippen molar-refractivity contribution in [1.29, 1.82) is 0 Å². The Hall–Kier alpha value is -2.20. The topological polar surface area (TPSA) is 64.4 Å². The number of halogens is 1. The fourth-order valence-electron chi connectivity index (χ4n) is 2.42. The lowest BCUT2D eigenvalue weighted by Crippen LogP contribution is -2.25. The highest BCUT2D eigenvalue weighted by atomic mass is 35.5. The molecule has 0 fully saturated rings. The van der Waals surface area contributed by atoms with Gasteiger partial charge in [-0.2, -0.15) is 0 Å². The number of amides is 1. The van der Waals surface area contributed by atoms with Crippen LogP contribution in [0.25, 0.3) is 0 Å². The van der Waals surface area contributed by atoms with Crippen LogP contribution in [0.1, 0.15) is 37.0 Å². The van der Waals surface area contributed by atoms with Gasteiger partial charge in [-0.25, -0.2) is 0 Å². The molecular weight excluding hydrogens is 348 g/mol. The van der Waals surface area contributed by atoms with Gasteiger partial charge in [0.2, 0.25) is 5.91 Å². The van der Waals surface area contributed by atoms with Gasteiger partial charge in [0.05, 0.1) is 13.0 Å². The first kappa shape index (κ1) is 21.8. The van der Waals surface area contributed by atoms with Gasteiger partial charge in [0, 0.05) is 17.8 Å². The van der Waals surface area contributed by atoms with Crippen molar-refractivity contribution >= 4 is 24.0 Å². The predicted octanol–water partition coefficient (Wildman–Crippen LogP) is 4.28. The van der Waals surface area contributed by atoms with E-state index in [-0.39, 0.29) is 18.3 Å². The molecule has 0 heterocycles. The van der Waals surface area contributed by atoms with Gasteiger partial charge in [-0.05, 0) is 48.6 Å². The summed E-state index contributed by atoms with van der Waals surface area (Å²) in [5.41, 5.74) is 9.46. The van der Waals surface area contributed by atoms with E-state index in [1.807, 2.05) is 49.4 Å². The lowest BCUT2D eigenvalue weighted by molar-refractivity contribution is -0.120. The summed E-state index contributed by atoms with van der Waals surface area (Å²) in [4.78, 5) is 12.2. The summed E-state index contributed by atoms with van der Waals surface area (Å²) in [5.74, 6) is 1.44. The standard InChI is InChI=1S/C21H28N2O2.ClH/c1-15(2)10-11-25-20-12-16(3)4-7-18(20)14-23-21(24)13-17-5-8-19(22)9-6-17;/h4-9,12,15H,10-11,13-14,22H2,1-3H3,(H,23,24);1H. The Morgan fingerprint density at radius 2 is 1.85 bits per heavy atom. The highest BCUT2D eigenvalue weighted by Gasteiger charge is 2.08. The summed E-state index contributed by atoms with van der Waals surface area (Å²) in [6, 6.07) is 13.5. The Kier molecular flexibility index (Phi) is 9.00. The number of anilines is 1. The second-order valence-corrected chi connectivity index (χ2v) is 6.84. The van der Waals surface area contributed by atoms with Gasteiger partial charge in [0.15, 0.2) is 0 Å². The zero-order valence-electron chi connectivity index (χ0n) is 15.7. The highest BCUT2D eigenvalue weighted by molar-refractivity contribution is 5.85. The molecule has 0 aromatic heterocycles. The molecule has 0 aliphatic carbocycles. The summed E-state index contributed by atoms with van der Waals surface area (Å²) >= 11 is 0. The Labute approximate surface area is 162 Å². The van der Waals surface area contributed by atoms with Crippen molar-refractivity contribution < 1.29 is 9.53 Å². The SMILES string of the molecule is Cc1ccc(CNC(=O)Cc2ccc(N)cc2)c(OCCC(C)C)c1.Cl. The number of nitrogen functional groups attached to an aromatic ring is 1. The molecule has 2 rings (SSSR count). The smallest absolute Gasteiger partial charge is 0.224 e. The monoisotopic (exact) mass is 376 g/mol. The molecule has 0 saturated heterocycles. The van der Waals surface area contributed by atoms with E-state index in [9.17, 15) is 4.79 Å². The van der Waals surface area contributed by atoms with E-state index in [4.69, 9.17) is 10.5 Å². The Bertz CT molecular complexity index is 700. The van der Waals surface area contributed by atoms with Crippen molar-refractivity contribution in [2.75, 3.05) is 12.3 Å². The lowest BCUT2D eigenvalue weighted by Gasteiger charge is -2.14. The number of hydrogen-bond acceptors (Lipinski definition) is 3. The van der Waals surface area contributed by atoms with Crippen molar-refractivity contribution in [2.45, 2.75) is 40.2 Å². The minimum Gasteiger partial charge on any atom is -0.493 e. The maximum Gasteiger partial charge on any atom is 0.224 e. The van der Waals surface area contributed by atoms with Gasteiger partial charge in [-0.1, -0.05) is 38.1 Å². The molecule has 1 amide bonds. The molecule has 0 radical (unpaired) electrons. The quantitative estimate of drug-likeness (QED) is 0.676. The van der Waals surface area contributed by atoms with E-state index in [2.05, 4.69) is 19.2 Å². The Balaban J connectivity index is 0.00000338. The molecule has 142 valence electrons. The average molecular weight is 377 g/mol. The van der Waals surface area contributed by atoms with Crippen LogP contribution in [0.4, 0.5) is 5.69 Å². The number of nitrogens with one attached hydrogen (secondary N) is 1. The largest absolute Gasteiger partial charge is 0.493 e. The van der Waals surface area contributed by atoms with Gasteiger partial charge >= 0.3 is 0 Å². The van der Waals surface area contributed by atoms with Crippen molar-refractivity contribution in [1.82, 2.24) is 5.32 Å². The minimum absolute atomic E-state index is 0. The molecule has 0 spiro atoms. The first-order valence-corrected chi connectivity index (χ1v) is 8.77. The second kappa shape index (κ2) is 10.7. The van der Waals surface area contributed by atoms with E-state index >= 15 is 0 Å². The van der Waals surface area contributed by atoms with Crippen LogP contribution < -0.4 is 15.8 Å². The van der Waals surface area contributed by atoms with Crippen molar-refractivity contribution in [3.05, 3.63) is 59.2 Å². The molecule has 0 unspecified atom stereocenters. The normalized spacial score (nSPS) is 10.3. The third kappa shape index (κ3) is 7.36. The summed E-state index contributed by atoms with van der Waals surface area (Å²) in [5, 5.41) is 2.97. The molecule has 0 saturated carbocycles. The van der Waals surface area contributed by atoms with E-state index < -0.39 is 0 Å². The van der Waals surface area contributed by atoms with Crippen LogP contribution in [0.5, 0.6) is 5.75 Å². The predicted molar refractivity (Wildman–Crippen MR) is 110 cm³/mol. The molecule has 2 aromatic carbocycles. The Morgan fingerprint density at radius 3 is 2.50 bits per heavy atom. The molecule has 0 atom stereocenters. The minimum atomic E-state index is -0.0153. The summed E-state index contributed by atoms with van der Waals surface area (Å²) in [6.07, 6.45) is 1.35. The highest BCUT2D eigenvalue weighted by Crippen LogP contribution is 2.21. The van der Waals surface area contributed by atoms with Crippen molar-refractivity contribution in [3.8, 4) is 5.75 Å². The molecule has 2 aromatic rings. The first-order chi connectivity index (χ1) is 11.9. The molecule has 26 heavy (non-hydrogen) atoms. The van der Waals surface area contributed by atoms with Crippen molar-refractivity contribution in [2.24, 2.45) is 5.92 Å². The average Bonchev–Trinajstić information content (AvgIpc) is 2.56. The molecule has 5 heteroatoms. The second-order valence-electron chi connectivity index (χ2n) is 6.84. The van der Waals surface area contributed by atoms with E-state index in [0.29, 0.717) is 31.2 Å². The molecule has 3 N–H and O–H groups in total. The van der Waals surface area contributed by atoms with Crippen molar-refractivity contribution in [3.63, 3.8) is 0 Å². The fourth-order valence-corrected chi connectivity index (χ4v) is 2.42. The zero-order chi connectivity index (χ0) is 18.2. The zero-order valence-corrected chi connectivity index (χ0v) is 16.6. The number of rotatable bonds is 8. The molecule has 0 bridgehead atoms. The summed E-state index contributed by atoms with van der Waals surface area (Å²) in [7, 11) is 0. The van der Waals surface area contributed by atoms with Gasteiger partial charge in [-0.15, -0.1) is 12.4 Å².